The van der Waals surface area contributed by atoms with Crippen molar-refractivity contribution in [2.45, 2.75) is 6.42 Å². The molecule has 0 aliphatic heterocycles. The number of pyridine rings is 1. The average molecular weight is 297 g/mol. The molecule has 0 saturated heterocycles. The molecule has 0 spiro atoms. The number of rotatable bonds is 6. The second-order valence-electron chi connectivity index (χ2n) is 4.46. The number of nitrogens with one attached hydrogen (secondary N) is 2. The molecule has 0 fully saturated rings. The second-order valence-corrected chi connectivity index (χ2v) is 4.46. The zero-order valence-corrected chi connectivity index (χ0v) is 12.0. The SMILES string of the molecule is COc1cc(NCCc2nc(-c3ccncc3)n[nH]2)ncn1. The van der Waals surface area contributed by atoms with Crippen molar-refractivity contribution in [2.75, 3.05) is 19.0 Å². The van der Waals surface area contributed by atoms with Crippen molar-refractivity contribution in [3.05, 3.63) is 42.7 Å². The minimum Gasteiger partial charge on any atom is -0.481 e. The van der Waals surface area contributed by atoms with Crippen LogP contribution in [-0.2, 0) is 6.42 Å². The van der Waals surface area contributed by atoms with Crippen LogP contribution in [0.3, 0.4) is 0 Å². The normalized spacial score (nSPS) is 10.4. The summed E-state index contributed by atoms with van der Waals surface area (Å²) in [5.41, 5.74) is 0.936. The number of aromatic nitrogens is 6. The van der Waals surface area contributed by atoms with Gasteiger partial charge in [0.25, 0.3) is 0 Å². The fraction of sp³-hybridized carbons (Fsp3) is 0.214. The summed E-state index contributed by atoms with van der Waals surface area (Å²) in [5, 5.41) is 10.3. The molecule has 112 valence electrons. The zero-order valence-electron chi connectivity index (χ0n) is 12.0. The van der Waals surface area contributed by atoms with Gasteiger partial charge in [-0.2, -0.15) is 5.10 Å². The third-order valence-electron chi connectivity index (χ3n) is 2.99. The number of ether oxygens (including phenoxy) is 1. The Bertz CT molecular complexity index is 729. The molecule has 3 rings (SSSR count). The Morgan fingerprint density at radius 1 is 1.23 bits per heavy atom. The van der Waals surface area contributed by atoms with Gasteiger partial charge in [0, 0.05) is 37.0 Å². The van der Waals surface area contributed by atoms with E-state index in [1.165, 1.54) is 6.33 Å². The molecule has 0 amide bonds. The summed E-state index contributed by atoms with van der Waals surface area (Å²) < 4.78 is 5.05. The zero-order chi connectivity index (χ0) is 15.2. The molecule has 3 heterocycles. The highest BCUT2D eigenvalue weighted by molar-refractivity contribution is 5.52. The maximum absolute atomic E-state index is 5.05. The Morgan fingerprint density at radius 2 is 2.09 bits per heavy atom. The third-order valence-corrected chi connectivity index (χ3v) is 2.99. The molecule has 8 nitrogen and oxygen atoms in total. The highest BCUT2D eigenvalue weighted by Crippen LogP contribution is 2.13. The number of nitrogens with zero attached hydrogens (tertiary/aromatic N) is 5. The summed E-state index contributed by atoms with van der Waals surface area (Å²) in [6.45, 7) is 0.672. The fourth-order valence-corrected chi connectivity index (χ4v) is 1.89. The standard InChI is InChI=1S/C14H15N7O/c1-22-13-8-12(17-9-18-13)16-7-4-11-19-14(21-20-11)10-2-5-15-6-3-10/h2-3,5-6,8-9H,4,7H2,1H3,(H,16,17,18)(H,19,20,21). The smallest absolute Gasteiger partial charge is 0.218 e. The number of H-pyrrole nitrogens is 1. The van der Waals surface area contributed by atoms with E-state index in [-0.39, 0.29) is 0 Å². The predicted molar refractivity (Wildman–Crippen MR) is 80.4 cm³/mol. The van der Waals surface area contributed by atoms with Gasteiger partial charge < -0.3 is 10.1 Å². The molecule has 0 atom stereocenters. The summed E-state index contributed by atoms with van der Waals surface area (Å²) in [4.78, 5) is 16.5. The Hall–Kier alpha value is -3.03. The molecule has 0 radical (unpaired) electrons. The molecule has 8 heteroatoms. The molecular formula is C14H15N7O. The summed E-state index contributed by atoms with van der Waals surface area (Å²) >= 11 is 0. The quantitative estimate of drug-likeness (QED) is 0.707. The monoisotopic (exact) mass is 297 g/mol. The summed E-state index contributed by atoms with van der Waals surface area (Å²) in [5.74, 6) is 2.71. The Balaban J connectivity index is 1.57. The first-order valence-electron chi connectivity index (χ1n) is 6.77. The van der Waals surface area contributed by atoms with E-state index >= 15 is 0 Å². The first-order valence-corrected chi connectivity index (χ1v) is 6.77. The van der Waals surface area contributed by atoms with Gasteiger partial charge in [0.1, 0.15) is 18.0 Å². The van der Waals surface area contributed by atoms with Crippen molar-refractivity contribution in [3.63, 3.8) is 0 Å². The molecule has 0 saturated carbocycles. The summed E-state index contributed by atoms with van der Waals surface area (Å²) in [6, 6.07) is 5.49. The highest BCUT2D eigenvalue weighted by atomic mass is 16.5. The van der Waals surface area contributed by atoms with Crippen molar-refractivity contribution in [1.29, 1.82) is 0 Å². The maximum atomic E-state index is 5.05. The van der Waals surface area contributed by atoms with Crippen LogP contribution in [0.25, 0.3) is 11.4 Å². The van der Waals surface area contributed by atoms with Gasteiger partial charge >= 0.3 is 0 Å². The first kappa shape index (κ1) is 13.9. The van der Waals surface area contributed by atoms with E-state index in [9.17, 15) is 0 Å². The number of methoxy groups -OCH3 is 1. The summed E-state index contributed by atoms with van der Waals surface area (Å²) in [7, 11) is 1.57. The van der Waals surface area contributed by atoms with Crippen molar-refractivity contribution in [1.82, 2.24) is 30.1 Å². The molecule has 0 aromatic carbocycles. The third kappa shape index (κ3) is 3.35. The van der Waals surface area contributed by atoms with Crippen LogP contribution in [0.2, 0.25) is 0 Å². The van der Waals surface area contributed by atoms with Gasteiger partial charge in [-0.05, 0) is 12.1 Å². The lowest BCUT2D eigenvalue weighted by atomic mass is 10.2. The van der Waals surface area contributed by atoms with Crippen LogP contribution in [0.5, 0.6) is 5.88 Å². The lowest BCUT2D eigenvalue weighted by Crippen LogP contribution is -2.07. The van der Waals surface area contributed by atoms with Crippen LogP contribution < -0.4 is 10.1 Å². The van der Waals surface area contributed by atoms with Crippen LogP contribution in [0, 0.1) is 0 Å². The van der Waals surface area contributed by atoms with Crippen molar-refractivity contribution >= 4 is 5.82 Å². The molecular weight excluding hydrogens is 282 g/mol. The fourth-order valence-electron chi connectivity index (χ4n) is 1.89. The number of hydrogen-bond acceptors (Lipinski definition) is 7. The molecule has 0 unspecified atom stereocenters. The topological polar surface area (TPSA) is 102 Å². The van der Waals surface area contributed by atoms with E-state index in [0.717, 1.165) is 11.4 Å². The molecule has 3 aromatic heterocycles. The first-order chi connectivity index (χ1) is 10.8. The maximum Gasteiger partial charge on any atom is 0.218 e. The second kappa shape index (κ2) is 6.61. The van der Waals surface area contributed by atoms with E-state index in [4.69, 9.17) is 4.74 Å². The predicted octanol–water partition coefficient (Wildman–Crippen LogP) is 1.32. The van der Waals surface area contributed by atoms with Gasteiger partial charge in [-0.25, -0.2) is 15.0 Å². The van der Waals surface area contributed by atoms with Gasteiger partial charge in [0.2, 0.25) is 5.88 Å². The molecule has 0 bridgehead atoms. The lowest BCUT2D eigenvalue weighted by molar-refractivity contribution is 0.397. The number of hydrogen-bond donors (Lipinski definition) is 2. The van der Waals surface area contributed by atoms with Gasteiger partial charge in [-0.3, -0.25) is 10.1 Å². The number of aromatic amines is 1. The lowest BCUT2D eigenvalue weighted by Gasteiger charge is -2.04. The van der Waals surface area contributed by atoms with Crippen LogP contribution in [-0.4, -0.2) is 43.8 Å². The van der Waals surface area contributed by atoms with Crippen LogP contribution >= 0.6 is 0 Å². The van der Waals surface area contributed by atoms with Gasteiger partial charge in [-0.15, -0.1) is 0 Å². The average Bonchev–Trinajstić information content (AvgIpc) is 3.05. The largest absolute Gasteiger partial charge is 0.481 e. The van der Waals surface area contributed by atoms with E-state index in [2.05, 4.69) is 35.5 Å². The van der Waals surface area contributed by atoms with Crippen LogP contribution in [0.4, 0.5) is 5.82 Å². The Kier molecular flexibility index (Phi) is 4.19. The van der Waals surface area contributed by atoms with Crippen LogP contribution in [0.15, 0.2) is 36.9 Å². The van der Waals surface area contributed by atoms with Crippen molar-refractivity contribution < 1.29 is 4.74 Å². The van der Waals surface area contributed by atoms with Crippen LogP contribution in [0.1, 0.15) is 5.82 Å². The van der Waals surface area contributed by atoms with E-state index in [0.29, 0.717) is 30.5 Å². The summed E-state index contributed by atoms with van der Waals surface area (Å²) in [6.07, 6.45) is 5.59. The molecule has 2 N–H and O–H groups in total. The van der Waals surface area contributed by atoms with Crippen molar-refractivity contribution in [2.24, 2.45) is 0 Å². The molecule has 3 aromatic rings. The molecule has 22 heavy (non-hydrogen) atoms. The van der Waals surface area contributed by atoms with Gasteiger partial charge in [0.15, 0.2) is 5.82 Å². The van der Waals surface area contributed by atoms with Gasteiger partial charge in [0.05, 0.1) is 7.11 Å². The number of anilines is 1. The molecule has 0 aliphatic carbocycles. The van der Waals surface area contributed by atoms with E-state index < -0.39 is 0 Å². The minimum absolute atomic E-state index is 0.525. The van der Waals surface area contributed by atoms with E-state index in [1.807, 2.05) is 12.1 Å². The Labute approximate surface area is 127 Å². The van der Waals surface area contributed by atoms with Gasteiger partial charge in [-0.1, -0.05) is 0 Å². The Morgan fingerprint density at radius 3 is 2.91 bits per heavy atom. The van der Waals surface area contributed by atoms with Crippen molar-refractivity contribution in [3.8, 4) is 17.3 Å². The minimum atomic E-state index is 0.525. The molecule has 0 aliphatic rings. The highest BCUT2D eigenvalue weighted by Gasteiger charge is 2.05. The van der Waals surface area contributed by atoms with E-state index in [1.54, 1.807) is 25.6 Å².